The lowest BCUT2D eigenvalue weighted by molar-refractivity contribution is -0.140. The van der Waals surface area contributed by atoms with Gasteiger partial charge < -0.3 is 20.1 Å². The van der Waals surface area contributed by atoms with E-state index in [0.29, 0.717) is 11.4 Å². The van der Waals surface area contributed by atoms with Crippen molar-refractivity contribution < 1.29 is 19.1 Å². The number of esters is 2. The molecule has 0 saturated carbocycles. The number of pyridine rings is 1. The summed E-state index contributed by atoms with van der Waals surface area (Å²) < 4.78 is 9.17. The number of hydrogen-bond acceptors (Lipinski definition) is 7. The van der Waals surface area contributed by atoms with E-state index in [-0.39, 0.29) is 18.1 Å². The summed E-state index contributed by atoms with van der Waals surface area (Å²) in [6.07, 6.45) is 1.49. The molecule has 0 unspecified atom stereocenters. The molecule has 1 aromatic heterocycles. The van der Waals surface area contributed by atoms with Gasteiger partial charge >= 0.3 is 11.9 Å². The highest BCUT2D eigenvalue weighted by Gasteiger charge is 2.17. The third-order valence-corrected chi connectivity index (χ3v) is 2.68. The number of carbonyl (C=O) groups is 2. The first-order valence-corrected chi connectivity index (χ1v) is 6.03. The average Bonchev–Trinajstić information content (AvgIpc) is 2.46. The summed E-state index contributed by atoms with van der Waals surface area (Å²) in [5, 5.41) is 0. The molecule has 0 saturated heterocycles. The van der Waals surface area contributed by atoms with Crippen LogP contribution >= 0.6 is 12.2 Å². The van der Waals surface area contributed by atoms with Gasteiger partial charge in [0.15, 0.2) is 0 Å². The van der Waals surface area contributed by atoms with E-state index in [1.54, 1.807) is 12.1 Å². The predicted molar refractivity (Wildman–Crippen MR) is 76.4 cm³/mol. The van der Waals surface area contributed by atoms with Crippen LogP contribution in [0.2, 0.25) is 0 Å². The Morgan fingerprint density at radius 3 is 2.30 bits per heavy atom. The maximum atomic E-state index is 11.4. The summed E-state index contributed by atoms with van der Waals surface area (Å²) in [4.78, 5) is 28.5. The number of aromatic nitrogens is 1. The Morgan fingerprint density at radius 2 is 1.85 bits per heavy atom. The van der Waals surface area contributed by atoms with Crippen LogP contribution in [-0.4, -0.2) is 49.2 Å². The number of carbonyl (C=O) groups excluding carboxylic acids is 2. The zero-order chi connectivity index (χ0) is 15.1. The summed E-state index contributed by atoms with van der Waals surface area (Å²) in [5.41, 5.74) is 6.13. The van der Waals surface area contributed by atoms with Gasteiger partial charge in [0.1, 0.15) is 23.9 Å². The van der Waals surface area contributed by atoms with Crippen molar-refractivity contribution in [1.82, 2.24) is 4.98 Å². The molecular weight excluding hydrogens is 282 g/mol. The van der Waals surface area contributed by atoms with Crippen molar-refractivity contribution >= 4 is 35.0 Å². The Labute approximate surface area is 121 Å². The van der Waals surface area contributed by atoms with Crippen LogP contribution in [0.25, 0.3) is 0 Å². The van der Waals surface area contributed by atoms with E-state index in [0.717, 1.165) is 0 Å². The van der Waals surface area contributed by atoms with Crippen molar-refractivity contribution in [3.05, 3.63) is 23.9 Å². The minimum absolute atomic E-state index is 0.139. The molecule has 0 radical (unpaired) electrons. The third-order valence-electron chi connectivity index (χ3n) is 2.45. The van der Waals surface area contributed by atoms with Crippen LogP contribution in [0.1, 0.15) is 5.56 Å². The molecule has 7 nitrogen and oxygen atoms in total. The zero-order valence-electron chi connectivity index (χ0n) is 11.2. The highest BCUT2D eigenvalue weighted by molar-refractivity contribution is 7.80. The van der Waals surface area contributed by atoms with Crippen molar-refractivity contribution in [2.45, 2.75) is 0 Å². The smallest absolute Gasteiger partial charge is 0.325 e. The molecule has 20 heavy (non-hydrogen) atoms. The number of hydrogen-bond donors (Lipinski definition) is 1. The number of nitrogens with two attached hydrogens (primary N) is 1. The van der Waals surface area contributed by atoms with E-state index < -0.39 is 11.9 Å². The number of rotatable bonds is 6. The van der Waals surface area contributed by atoms with Crippen LogP contribution in [0.5, 0.6) is 0 Å². The lowest BCUT2D eigenvalue weighted by Crippen LogP contribution is -2.36. The Morgan fingerprint density at radius 1 is 1.30 bits per heavy atom. The first-order valence-electron chi connectivity index (χ1n) is 5.62. The number of anilines is 1. The van der Waals surface area contributed by atoms with Crippen LogP contribution in [-0.2, 0) is 19.1 Å². The minimum Gasteiger partial charge on any atom is -0.468 e. The largest absolute Gasteiger partial charge is 0.468 e. The standard InChI is InChI=1S/C12H15N3O4S/c1-18-10(16)6-15(7-11(17)19-2)9-5-8(12(13)20)3-4-14-9/h3-5H,6-7H2,1-2H3,(H2,13,20). The van der Waals surface area contributed by atoms with Gasteiger partial charge in [-0.3, -0.25) is 9.59 Å². The molecule has 0 bridgehead atoms. The highest BCUT2D eigenvalue weighted by Crippen LogP contribution is 2.13. The summed E-state index contributed by atoms with van der Waals surface area (Å²) >= 11 is 4.88. The fourth-order valence-electron chi connectivity index (χ4n) is 1.40. The third kappa shape index (κ3) is 4.47. The zero-order valence-corrected chi connectivity index (χ0v) is 12.0. The summed E-state index contributed by atoms with van der Waals surface area (Å²) in [6.45, 7) is -0.279. The first kappa shape index (κ1) is 15.8. The van der Waals surface area contributed by atoms with E-state index in [1.807, 2.05) is 0 Å². The minimum atomic E-state index is -0.503. The summed E-state index contributed by atoms with van der Waals surface area (Å²) in [5.74, 6) is -0.626. The van der Waals surface area contributed by atoms with Gasteiger partial charge in [-0.25, -0.2) is 4.98 Å². The van der Waals surface area contributed by atoms with Gasteiger partial charge in [0.25, 0.3) is 0 Å². The Balaban J connectivity index is 3.02. The van der Waals surface area contributed by atoms with Gasteiger partial charge in [-0.05, 0) is 12.1 Å². The van der Waals surface area contributed by atoms with Gasteiger partial charge in [-0.1, -0.05) is 12.2 Å². The van der Waals surface area contributed by atoms with Crippen LogP contribution in [0.3, 0.4) is 0 Å². The normalized spacial score (nSPS) is 9.70. The summed E-state index contributed by atoms with van der Waals surface area (Å²) in [7, 11) is 2.52. The van der Waals surface area contributed by atoms with Crippen LogP contribution in [0.15, 0.2) is 18.3 Å². The lowest BCUT2D eigenvalue weighted by Gasteiger charge is -2.21. The molecule has 0 aliphatic rings. The molecule has 0 aliphatic heterocycles. The van der Waals surface area contributed by atoms with Gasteiger partial charge in [-0.2, -0.15) is 0 Å². The Bertz CT molecular complexity index is 503. The molecule has 1 aromatic rings. The second kappa shape index (κ2) is 7.39. The molecule has 0 fully saturated rings. The SMILES string of the molecule is COC(=O)CN(CC(=O)OC)c1cc(C(N)=S)ccn1. The van der Waals surface area contributed by atoms with Crippen molar-refractivity contribution in [2.24, 2.45) is 5.73 Å². The second-order valence-electron chi connectivity index (χ2n) is 3.78. The molecule has 0 atom stereocenters. The maximum Gasteiger partial charge on any atom is 0.325 e. The molecule has 8 heteroatoms. The van der Waals surface area contributed by atoms with Crippen LogP contribution < -0.4 is 10.6 Å². The number of ether oxygens (including phenoxy) is 2. The van der Waals surface area contributed by atoms with Crippen molar-refractivity contribution in [3.63, 3.8) is 0 Å². The van der Waals surface area contributed by atoms with Crippen LogP contribution in [0.4, 0.5) is 5.82 Å². The molecule has 108 valence electrons. The monoisotopic (exact) mass is 297 g/mol. The van der Waals surface area contributed by atoms with E-state index in [2.05, 4.69) is 14.5 Å². The van der Waals surface area contributed by atoms with E-state index >= 15 is 0 Å². The van der Waals surface area contributed by atoms with Crippen LogP contribution in [0, 0.1) is 0 Å². The molecule has 1 rings (SSSR count). The molecule has 0 amide bonds. The molecule has 1 heterocycles. The summed E-state index contributed by atoms with van der Waals surface area (Å²) in [6, 6.07) is 3.23. The quantitative estimate of drug-likeness (QED) is 0.573. The molecule has 2 N–H and O–H groups in total. The van der Waals surface area contributed by atoms with Gasteiger partial charge in [-0.15, -0.1) is 0 Å². The fraction of sp³-hybridized carbons (Fsp3) is 0.333. The van der Waals surface area contributed by atoms with E-state index in [4.69, 9.17) is 18.0 Å². The van der Waals surface area contributed by atoms with E-state index in [9.17, 15) is 9.59 Å². The van der Waals surface area contributed by atoms with E-state index in [1.165, 1.54) is 25.3 Å². The lowest BCUT2D eigenvalue weighted by atomic mass is 10.2. The second-order valence-corrected chi connectivity index (χ2v) is 4.22. The van der Waals surface area contributed by atoms with Gasteiger partial charge in [0.05, 0.1) is 14.2 Å². The van der Waals surface area contributed by atoms with Crippen molar-refractivity contribution in [3.8, 4) is 0 Å². The van der Waals surface area contributed by atoms with Crippen molar-refractivity contribution in [1.29, 1.82) is 0 Å². The molecular formula is C12H15N3O4S. The maximum absolute atomic E-state index is 11.4. The fourth-order valence-corrected chi connectivity index (χ4v) is 1.53. The number of nitrogens with zero attached hydrogens (tertiary/aromatic N) is 2. The van der Waals surface area contributed by atoms with Crippen molar-refractivity contribution in [2.75, 3.05) is 32.2 Å². The Hall–Kier alpha value is -2.22. The number of methoxy groups -OCH3 is 2. The first-order chi connectivity index (χ1) is 9.47. The topological polar surface area (TPSA) is 94.8 Å². The molecule has 0 aromatic carbocycles. The Kier molecular flexibility index (Phi) is 5.85. The number of thiocarbonyl (C=S) groups is 1. The van der Waals surface area contributed by atoms with Gasteiger partial charge in [0, 0.05) is 11.8 Å². The van der Waals surface area contributed by atoms with Gasteiger partial charge in [0.2, 0.25) is 0 Å². The predicted octanol–water partition coefficient (Wildman–Crippen LogP) is -0.132. The highest BCUT2D eigenvalue weighted by atomic mass is 32.1. The average molecular weight is 297 g/mol. The molecule has 0 aliphatic carbocycles. The molecule has 0 spiro atoms.